The summed E-state index contributed by atoms with van der Waals surface area (Å²) in [5.74, 6) is 2.10. The van der Waals surface area contributed by atoms with Crippen LogP contribution in [-0.4, -0.2) is 25.4 Å². The molecular weight excluding hydrogens is 378 g/mol. The average Bonchev–Trinajstić information content (AvgIpc) is 3.38. The van der Waals surface area contributed by atoms with Gasteiger partial charge >= 0.3 is 0 Å². The van der Waals surface area contributed by atoms with Crippen LogP contribution in [0.5, 0.6) is 11.5 Å². The Hall–Kier alpha value is -2.43. The molecule has 1 aliphatic rings. The van der Waals surface area contributed by atoms with Crippen molar-refractivity contribution in [1.82, 2.24) is 14.9 Å². The highest BCUT2D eigenvalue weighted by Gasteiger charge is 2.20. The Bertz CT molecular complexity index is 1040. The fourth-order valence-electron chi connectivity index (χ4n) is 2.38. The second kappa shape index (κ2) is 6.71. The van der Waals surface area contributed by atoms with E-state index in [4.69, 9.17) is 13.9 Å². The van der Waals surface area contributed by atoms with E-state index in [1.54, 1.807) is 23.6 Å². The summed E-state index contributed by atoms with van der Waals surface area (Å²) in [4.78, 5) is 0. The van der Waals surface area contributed by atoms with Crippen LogP contribution in [0.4, 0.5) is 0 Å². The third-order valence-electron chi connectivity index (χ3n) is 3.76. The molecule has 4 rings (SSSR count). The highest BCUT2D eigenvalue weighted by atomic mass is 32.2. The lowest BCUT2D eigenvalue weighted by atomic mass is 10.2. The predicted octanol–water partition coefficient (Wildman–Crippen LogP) is 2.57. The smallest absolute Gasteiger partial charge is 0.250 e. The van der Waals surface area contributed by atoms with E-state index < -0.39 is 10.0 Å². The van der Waals surface area contributed by atoms with Crippen LogP contribution in [0, 0.1) is 0 Å². The molecule has 0 aliphatic carbocycles. The number of nitrogens with one attached hydrogen (secondary N) is 1. The van der Waals surface area contributed by atoms with Crippen molar-refractivity contribution in [2.75, 3.05) is 6.79 Å². The standard InChI is InChI=1S/C16H15N3O5S2/c1-2-14-18-19-16(24-14)11-6-15(25-8-11)26(20,21)17-7-10-3-4-12-13(5-10)23-9-22-12/h3-6,8,17H,2,7,9H2,1H3. The van der Waals surface area contributed by atoms with Crippen LogP contribution < -0.4 is 14.2 Å². The van der Waals surface area contributed by atoms with Gasteiger partial charge in [0.2, 0.25) is 28.6 Å². The largest absolute Gasteiger partial charge is 0.454 e. The Morgan fingerprint density at radius 1 is 1.19 bits per heavy atom. The van der Waals surface area contributed by atoms with Gasteiger partial charge in [0, 0.05) is 18.3 Å². The number of ether oxygens (including phenoxy) is 2. The maximum absolute atomic E-state index is 12.5. The summed E-state index contributed by atoms with van der Waals surface area (Å²) < 4.78 is 43.8. The van der Waals surface area contributed by atoms with E-state index >= 15 is 0 Å². The lowest BCUT2D eigenvalue weighted by Gasteiger charge is -2.05. The van der Waals surface area contributed by atoms with E-state index in [2.05, 4.69) is 14.9 Å². The lowest BCUT2D eigenvalue weighted by molar-refractivity contribution is 0.174. The van der Waals surface area contributed by atoms with Crippen LogP contribution in [0.1, 0.15) is 18.4 Å². The molecule has 0 radical (unpaired) electrons. The van der Waals surface area contributed by atoms with Crippen molar-refractivity contribution in [1.29, 1.82) is 0 Å². The minimum atomic E-state index is -3.65. The number of hydrogen-bond donors (Lipinski definition) is 1. The first-order chi connectivity index (χ1) is 12.5. The number of aromatic nitrogens is 2. The molecular formula is C16H15N3O5S2. The molecule has 0 spiro atoms. The van der Waals surface area contributed by atoms with Crippen molar-refractivity contribution >= 4 is 21.4 Å². The van der Waals surface area contributed by atoms with Gasteiger partial charge < -0.3 is 13.9 Å². The van der Waals surface area contributed by atoms with Crippen LogP contribution in [0.15, 0.2) is 38.3 Å². The number of benzene rings is 1. The summed E-state index contributed by atoms with van der Waals surface area (Å²) in [6, 6.07) is 6.84. The van der Waals surface area contributed by atoms with E-state index in [0.717, 1.165) is 16.9 Å². The molecule has 0 atom stereocenters. The molecule has 8 nitrogen and oxygen atoms in total. The number of rotatable bonds is 6. The maximum Gasteiger partial charge on any atom is 0.250 e. The van der Waals surface area contributed by atoms with Crippen molar-refractivity contribution in [3.8, 4) is 23.0 Å². The zero-order valence-corrected chi connectivity index (χ0v) is 15.4. The quantitative estimate of drug-likeness (QED) is 0.686. The molecule has 0 saturated heterocycles. The molecule has 1 N–H and O–H groups in total. The summed E-state index contributed by atoms with van der Waals surface area (Å²) in [5, 5.41) is 9.50. The van der Waals surface area contributed by atoms with E-state index in [9.17, 15) is 8.42 Å². The molecule has 136 valence electrons. The summed E-state index contributed by atoms with van der Waals surface area (Å²) in [7, 11) is -3.65. The van der Waals surface area contributed by atoms with Crippen LogP contribution >= 0.6 is 11.3 Å². The van der Waals surface area contributed by atoms with Crippen LogP contribution in [-0.2, 0) is 23.0 Å². The lowest BCUT2D eigenvalue weighted by Crippen LogP contribution is -2.22. The monoisotopic (exact) mass is 393 g/mol. The Kier molecular flexibility index (Phi) is 4.39. The number of thiophene rings is 1. The van der Waals surface area contributed by atoms with Gasteiger partial charge in [0.05, 0.1) is 5.56 Å². The number of sulfonamides is 1. The van der Waals surface area contributed by atoms with Gasteiger partial charge in [-0.2, -0.15) is 0 Å². The van der Waals surface area contributed by atoms with Gasteiger partial charge in [-0.1, -0.05) is 13.0 Å². The van der Waals surface area contributed by atoms with Gasteiger partial charge in [-0.3, -0.25) is 0 Å². The number of aryl methyl sites for hydroxylation is 1. The fraction of sp³-hybridized carbons (Fsp3) is 0.250. The van der Waals surface area contributed by atoms with Crippen molar-refractivity contribution in [2.24, 2.45) is 0 Å². The third kappa shape index (κ3) is 3.30. The third-order valence-corrected chi connectivity index (χ3v) is 6.60. The van der Waals surface area contributed by atoms with Gasteiger partial charge in [-0.05, 0) is 23.8 Å². The highest BCUT2D eigenvalue weighted by Crippen LogP contribution is 2.33. The minimum Gasteiger partial charge on any atom is -0.454 e. The highest BCUT2D eigenvalue weighted by molar-refractivity contribution is 7.91. The maximum atomic E-state index is 12.5. The zero-order chi connectivity index (χ0) is 18.1. The molecule has 0 amide bonds. The Balaban J connectivity index is 1.48. The SMILES string of the molecule is CCc1nnc(-c2csc(S(=O)(=O)NCc3ccc4c(c3)OCO4)c2)o1. The topological polar surface area (TPSA) is 104 Å². The van der Waals surface area contributed by atoms with Crippen LogP contribution in [0.25, 0.3) is 11.5 Å². The fourth-order valence-corrected chi connectivity index (χ4v) is 4.60. The molecule has 0 unspecified atom stereocenters. The van der Waals surface area contributed by atoms with Gasteiger partial charge in [0.1, 0.15) is 4.21 Å². The van der Waals surface area contributed by atoms with Gasteiger partial charge in [-0.25, -0.2) is 13.1 Å². The van der Waals surface area contributed by atoms with E-state index in [1.807, 2.05) is 6.92 Å². The first kappa shape index (κ1) is 17.0. The van der Waals surface area contributed by atoms with Gasteiger partial charge in [0.25, 0.3) is 0 Å². The molecule has 0 fully saturated rings. The molecule has 10 heteroatoms. The van der Waals surface area contributed by atoms with Gasteiger partial charge in [-0.15, -0.1) is 21.5 Å². The normalized spacial score (nSPS) is 13.3. The molecule has 0 saturated carbocycles. The molecule has 0 bridgehead atoms. The van der Waals surface area contributed by atoms with Crippen molar-refractivity contribution < 1.29 is 22.3 Å². The second-order valence-electron chi connectivity index (χ2n) is 5.52. The average molecular weight is 393 g/mol. The summed E-state index contributed by atoms with van der Waals surface area (Å²) >= 11 is 1.10. The summed E-state index contributed by atoms with van der Waals surface area (Å²) in [6.07, 6.45) is 0.624. The minimum absolute atomic E-state index is 0.146. The van der Waals surface area contributed by atoms with Crippen molar-refractivity contribution in [2.45, 2.75) is 24.1 Å². The molecule has 3 heterocycles. The van der Waals surface area contributed by atoms with E-state index in [-0.39, 0.29) is 17.5 Å². The Morgan fingerprint density at radius 2 is 2.04 bits per heavy atom. The molecule has 3 aromatic rings. The number of nitrogens with zero attached hydrogens (tertiary/aromatic N) is 2. The van der Waals surface area contributed by atoms with E-state index in [1.165, 1.54) is 6.07 Å². The first-order valence-corrected chi connectivity index (χ1v) is 10.2. The Labute approximate surface area is 153 Å². The molecule has 2 aromatic heterocycles. The summed E-state index contributed by atoms with van der Waals surface area (Å²) in [5.41, 5.74) is 1.37. The summed E-state index contributed by atoms with van der Waals surface area (Å²) in [6.45, 7) is 2.23. The van der Waals surface area contributed by atoms with E-state index in [0.29, 0.717) is 35.3 Å². The van der Waals surface area contributed by atoms with Crippen molar-refractivity contribution in [3.63, 3.8) is 0 Å². The predicted molar refractivity (Wildman–Crippen MR) is 93.6 cm³/mol. The first-order valence-electron chi connectivity index (χ1n) is 7.84. The number of hydrogen-bond acceptors (Lipinski definition) is 8. The van der Waals surface area contributed by atoms with Crippen LogP contribution in [0.3, 0.4) is 0 Å². The molecule has 26 heavy (non-hydrogen) atoms. The van der Waals surface area contributed by atoms with Crippen molar-refractivity contribution in [3.05, 3.63) is 41.1 Å². The zero-order valence-electron chi connectivity index (χ0n) is 13.8. The molecule has 1 aliphatic heterocycles. The second-order valence-corrected chi connectivity index (χ2v) is 8.43. The molecule has 1 aromatic carbocycles. The van der Waals surface area contributed by atoms with Gasteiger partial charge in [0.15, 0.2) is 11.5 Å². The number of fused-ring (bicyclic) bond motifs is 1. The Morgan fingerprint density at radius 3 is 2.85 bits per heavy atom. The van der Waals surface area contributed by atoms with Crippen LogP contribution in [0.2, 0.25) is 0 Å².